The molecule has 7 aliphatic heterocycles. The summed E-state index contributed by atoms with van der Waals surface area (Å²) in [7, 11) is 0. The van der Waals surface area contributed by atoms with Gasteiger partial charge in [-0.1, -0.05) is 214 Å². The fourth-order valence-corrected chi connectivity index (χ4v) is 18.0. The minimum absolute atomic E-state index is 0.00860. The Bertz CT molecular complexity index is 2560. The Kier molecular flexibility index (Phi) is 54.2. The standard InChI is InChI=1S/3C15H29NO2.3C14H27NO2.C13H25NO2/c3*1-11(2)12-6-8-16(9-7-12)14(18)13(17)10-15(3,4)5;3*1-10(2)9-13(16)14(17)15-7-5-12(6-8-15)11(3)4;1-4-5-12(15)13(16)14-8-6-11(7-9-14)10(2)3/h3*11-13,17H,6-10H2,1-5H3;3*10-13,16H,5-9H2,1-4H3;10-12,15H,4-9H2,1-3H3/t2*13-;;2*13-;;12-/m10.10.1/s1. The van der Waals surface area contributed by atoms with E-state index >= 15 is 0 Å². The fraction of sp³-hybridized carbons (Fsp3) is 0.930. The molecular formula is C100H193N7O14. The molecule has 712 valence electrons. The van der Waals surface area contributed by atoms with Crippen molar-refractivity contribution in [1.29, 1.82) is 0 Å². The molecule has 7 amide bonds. The number of hydrogen-bond donors (Lipinski definition) is 7. The number of nitrogens with zero attached hydrogens (tertiary/aromatic N) is 7. The molecule has 7 saturated heterocycles. The molecule has 0 bridgehead atoms. The summed E-state index contributed by atoms with van der Waals surface area (Å²) < 4.78 is 0. The third-order valence-electron chi connectivity index (χ3n) is 26.6. The topological polar surface area (TPSA) is 284 Å². The molecule has 7 heterocycles. The van der Waals surface area contributed by atoms with Gasteiger partial charge in [-0.2, -0.15) is 0 Å². The van der Waals surface area contributed by atoms with E-state index in [1.165, 1.54) is 0 Å². The van der Waals surface area contributed by atoms with Gasteiger partial charge >= 0.3 is 0 Å². The predicted octanol–water partition coefficient (Wildman–Crippen LogP) is 16.9. The van der Waals surface area contributed by atoms with Crippen LogP contribution in [0.25, 0.3) is 0 Å². The Hall–Kier alpha value is -3.99. The molecule has 0 aromatic heterocycles. The van der Waals surface area contributed by atoms with E-state index in [9.17, 15) is 69.3 Å². The van der Waals surface area contributed by atoms with Gasteiger partial charge in [-0.15, -0.1) is 0 Å². The molecule has 0 spiro atoms. The van der Waals surface area contributed by atoms with Gasteiger partial charge in [0.25, 0.3) is 41.4 Å². The lowest BCUT2D eigenvalue weighted by molar-refractivity contribution is -0.143. The summed E-state index contributed by atoms with van der Waals surface area (Å²) in [6.07, 6.45) is 14.2. The second kappa shape index (κ2) is 57.0. The van der Waals surface area contributed by atoms with Crippen LogP contribution in [0.15, 0.2) is 0 Å². The number of aliphatic hydroxyl groups excluding tert-OH is 7. The van der Waals surface area contributed by atoms with E-state index < -0.39 is 42.7 Å². The smallest absolute Gasteiger partial charge is 0.251 e. The molecule has 21 heteroatoms. The van der Waals surface area contributed by atoms with Crippen LogP contribution in [0.1, 0.15) is 349 Å². The monoisotopic (exact) mass is 1720 g/mol. The van der Waals surface area contributed by atoms with Gasteiger partial charge in [0.05, 0.1) is 0 Å². The van der Waals surface area contributed by atoms with Gasteiger partial charge in [-0.25, -0.2) is 0 Å². The molecule has 121 heavy (non-hydrogen) atoms. The van der Waals surface area contributed by atoms with Crippen LogP contribution in [0.4, 0.5) is 0 Å². The lowest BCUT2D eigenvalue weighted by atomic mass is 9.85. The van der Waals surface area contributed by atoms with E-state index in [-0.39, 0.29) is 57.6 Å². The summed E-state index contributed by atoms with van der Waals surface area (Å²) in [6, 6.07) is 0. The molecular weight excluding hydrogens is 1520 g/mol. The number of aliphatic hydroxyl groups is 7. The fourth-order valence-electron chi connectivity index (χ4n) is 18.0. The molecule has 0 aliphatic carbocycles. The molecule has 7 fully saturated rings. The van der Waals surface area contributed by atoms with Crippen molar-refractivity contribution in [1.82, 2.24) is 34.3 Å². The number of amides is 7. The van der Waals surface area contributed by atoms with Crippen LogP contribution in [0.3, 0.4) is 0 Å². The van der Waals surface area contributed by atoms with Gasteiger partial charge in [0, 0.05) is 91.6 Å². The number of piperidine rings is 7. The van der Waals surface area contributed by atoms with Crippen molar-refractivity contribution in [3.05, 3.63) is 0 Å². The Morgan fingerprint density at radius 3 is 0.463 bits per heavy atom. The lowest BCUT2D eigenvalue weighted by Crippen LogP contribution is -2.45. The zero-order chi connectivity index (χ0) is 92.9. The summed E-state index contributed by atoms with van der Waals surface area (Å²) >= 11 is 0. The summed E-state index contributed by atoms with van der Waals surface area (Å²) in [5.74, 6) is 10.6. The average Bonchev–Trinajstić information content (AvgIpc) is 0.879. The Balaban J connectivity index is 0.000000706. The minimum atomic E-state index is -0.833. The molecule has 21 nitrogen and oxygen atoms in total. The van der Waals surface area contributed by atoms with Crippen molar-refractivity contribution >= 4 is 41.4 Å². The van der Waals surface area contributed by atoms with Crippen LogP contribution < -0.4 is 0 Å². The van der Waals surface area contributed by atoms with Crippen molar-refractivity contribution in [3.8, 4) is 0 Å². The Morgan fingerprint density at radius 1 is 0.231 bits per heavy atom. The molecule has 7 rings (SSSR count). The van der Waals surface area contributed by atoms with Crippen molar-refractivity contribution in [3.63, 3.8) is 0 Å². The second-order valence-corrected chi connectivity index (χ2v) is 44.9. The maximum absolute atomic E-state index is 12.1. The van der Waals surface area contributed by atoms with E-state index in [2.05, 4.69) is 159 Å². The first-order valence-electron chi connectivity index (χ1n) is 48.7. The van der Waals surface area contributed by atoms with Crippen LogP contribution in [-0.4, -0.2) is 246 Å². The van der Waals surface area contributed by atoms with Crippen LogP contribution in [0.5, 0.6) is 0 Å². The summed E-state index contributed by atoms with van der Waals surface area (Å²) in [5.41, 5.74) is -0.0258. The molecule has 0 radical (unpaired) electrons. The van der Waals surface area contributed by atoms with E-state index in [0.717, 1.165) is 229 Å². The average molecular weight is 1720 g/mol. The highest BCUT2D eigenvalue weighted by atomic mass is 16.3. The minimum Gasteiger partial charge on any atom is -0.383 e. The first-order valence-corrected chi connectivity index (χ1v) is 48.7. The normalized spacial score (nSPS) is 20.2. The Morgan fingerprint density at radius 2 is 0.355 bits per heavy atom. The van der Waals surface area contributed by atoms with Crippen LogP contribution in [0, 0.1) is 117 Å². The number of hydrogen-bond acceptors (Lipinski definition) is 14. The summed E-state index contributed by atoms with van der Waals surface area (Å²) in [5, 5.41) is 69.1. The van der Waals surface area contributed by atoms with Gasteiger partial charge < -0.3 is 70.0 Å². The number of rotatable bonds is 25. The number of likely N-dealkylation sites (tertiary alicyclic amines) is 7. The van der Waals surface area contributed by atoms with Crippen LogP contribution in [-0.2, 0) is 33.6 Å². The van der Waals surface area contributed by atoms with E-state index in [1.807, 2.05) is 82.8 Å². The van der Waals surface area contributed by atoms with Crippen LogP contribution in [0.2, 0.25) is 0 Å². The van der Waals surface area contributed by atoms with Crippen molar-refractivity contribution < 1.29 is 69.3 Å². The lowest BCUT2D eigenvalue weighted by Gasteiger charge is -2.35. The number of carbonyl (C=O) groups excluding carboxylic acids is 7. The highest BCUT2D eigenvalue weighted by Crippen LogP contribution is 2.34. The zero-order valence-electron chi connectivity index (χ0n) is 83.4. The van der Waals surface area contributed by atoms with Gasteiger partial charge in [-0.05, 0) is 252 Å². The molecule has 0 aromatic rings. The van der Waals surface area contributed by atoms with E-state index in [1.54, 1.807) is 0 Å². The first-order chi connectivity index (χ1) is 55.9. The highest BCUT2D eigenvalue weighted by Gasteiger charge is 2.37. The van der Waals surface area contributed by atoms with Crippen LogP contribution >= 0.6 is 0 Å². The largest absolute Gasteiger partial charge is 0.383 e. The molecule has 7 N–H and O–H groups in total. The molecule has 7 atom stereocenters. The maximum atomic E-state index is 12.1. The third kappa shape index (κ3) is 46.5. The van der Waals surface area contributed by atoms with Gasteiger partial charge in [0.15, 0.2) is 0 Å². The van der Waals surface area contributed by atoms with E-state index in [0.29, 0.717) is 104 Å². The first kappa shape index (κ1) is 115. The predicted molar refractivity (Wildman–Crippen MR) is 497 cm³/mol. The Labute approximate surface area is 741 Å². The van der Waals surface area contributed by atoms with Gasteiger partial charge in [0.1, 0.15) is 42.7 Å². The zero-order valence-corrected chi connectivity index (χ0v) is 83.4. The van der Waals surface area contributed by atoms with Crippen molar-refractivity contribution in [2.45, 2.75) is 392 Å². The molecule has 0 aromatic carbocycles. The summed E-state index contributed by atoms with van der Waals surface area (Å²) in [4.78, 5) is 97.1. The highest BCUT2D eigenvalue weighted by molar-refractivity contribution is 5.83. The maximum Gasteiger partial charge on any atom is 0.251 e. The SMILES string of the molecule is CC(C)C1CCN(C(=O)C(O)CC(C)(C)C)CC1.CC(C)C1CCN(C(=O)[C@@H](O)CC(C)(C)C)CC1.CC(C)C1CCN(C(=O)[C@H](O)CC(C)(C)C)CC1.CC(C)CC(O)C(=O)N1CCC(C(C)C)CC1.CC(C)C[C@@H](O)C(=O)N1CCC(C(C)C)CC1.CC(C)C[C@H](O)C(=O)N1CCC(C(C)C)CC1.CCC[C@@H](O)C(=O)N1CCC(C(C)C)CC1. The van der Waals surface area contributed by atoms with Crippen molar-refractivity contribution in [2.24, 2.45) is 117 Å². The summed E-state index contributed by atoms with van der Waals surface area (Å²) in [6.45, 7) is 75.4. The number of carbonyl (C=O) groups is 7. The third-order valence-corrected chi connectivity index (χ3v) is 26.6. The van der Waals surface area contributed by atoms with Gasteiger partial charge in [-0.3, -0.25) is 33.6 Å². The quantitative estimate of drug-likeness (QED) is 0.0448. The second-order valence-electron chi connectivity index (χ2n) is 44.9. The molecule has 7 aliphatic rings. The van der Waals surface area contributed by atoms with E-state index in [4.69, 9.17) is 0 Å². The van der Waals surface area contributed by atoms with Crippen molar-refractivity contribution in [2.75, 3.05) is 91.6 Å². The van der Waals surface area contributed by atoms with Gasteiger partial charge in [0.2, 0.25) is 0 Å². The molecule has 0 saturated carbocycles. The molecule has 2 unspecified atom stereocenters.